The van der Waals surface area contributed by atoms with Gasteiger partial charge in [0, 0.05) is 12.2 Å². The highest BCUT2D eigenvalue weighted by atomic mass is 19.4. The molecule has 1 unspecified atom stereocenters. The Bertz CT molecular complexity index is 615. The molecule has 0 bridgehead atoms. The molecule has 9 heteroatoms. The van der Waals surface area contributed by atoms with E-state index in [2.05, 4.69) is 15.4 Å². The zero-order valence-corrected chi connectivity index (χ0v) is 11.8. The lowest BCUT2D eigenvalue weighted by Crippen LogP contribution is -2.23. The van der Waals surface area contributed by atoms with Crippen molar-refractivity contribution in [1.82, 2.24) is 20.2 Å². The maximum Gasteiger partial charge on any atom is 0.416 e. The van der Waals surface area contributed by atoms with E-state index in [1.54, 1.807) is 6.92 Å². The number of hydrogen-bond donors (Lipinski definition) is 1. The smallest absolute Gasteiger partial charge is 0.389 e. The van der Waals surface area contributed by atoms with E-state index >= 15 is 0 Å². The Morgan fingerprint density at radius 3 is 2.82 bits per heavy atom. The molecule has 1 heterocycles. The Labute approximate surface area is 124 Å². The minimum absolute atomic E-state index is 0.0476. The Balaban J connectivity index is 2.11. The standard InChI is InChI=1S/C13H15F3N4O2/c1-2-22-8-11(21)7-20-18-12(17-19-20)9-4-3-5-10(6-9)13(14,15)16/h3-6,11,21H,2,7-8H2,1H3. The zero-order chi connectivity index (χ0) is 16.2. The van der Waals surface area contributed by atoms with E-state index in [1.807, 2.05) is 0 Å². The lowest BCUT2D eigenvalue weighted by molar-refractivity contribution is -0.137. The van der Waals surface area contributed by atoms with Crippen molar-refractivity contribution < 1.29 is 23.0 Å². The van der Waals surface area contributed by atoms with Crippen LogP contribution in [0.15, 0.2) is 24.3 Å². The molecule has 2 aromatic rings. The number of nitrogens with zero attached hydrogens (tertiary/aromatic N) is 4. The summed E-state index contributed by atoms with van der Waals surface area (Å²) in [6.45, 7) is 2.44. The van der Waals surface area contributed by atoms with Gasteiger partial charge in [-0.3, -0.25) is 0 Å². The maximum atomic E-state index is 12.7. The van der Waals surface area contributed by atoms with Gasteiger partial charge in [0.05, 0.1) is 24.8 Å². The first kappa shape index (κ1) is 16.4. The van der Waals surface area contributed by atoms with Crippen LogP contribution in [-0.4, -0.2) is 44.6 Å². The summed E-state index contributed by atoms with van der Waals surface area (Å²) in [5.41, 5.74) is -0.571. The molecule has 0 spiro atoms. The van der Waals surface area contributed by atoms with E-state index in [0.717, 1.165) is 16.9 Å². The van der Waals surface area contributed by atoms with Crippen molar-refractivity contribution in [3.8, 4) is 11.4 Å². The molecule has 2 rings (SSSR count). The average molecular weight is 316 g/mol. The average Bonchev–Trinajstić information content (AvgIpc) is 2.93. The number of benzene rings is 1. The van der Waals surface area contributed by atoms with Crippen LogP contribution >= 0.6 is 0 Å². The molecule has 0 aliphatic carbocycles. The quantitative estimate of drug-likeness (QED) is 0.879. The highest BCUT2D eigenvalue weighted by Gasteiger charge is 2.30. The predicted molar refractivity (Wildman–Crippen MR) is 70.8 cm³/mol. The minimum atomic E-state index is -4.43. The van der Waals surface area contributed by atoms with Gasteiger partial charge in [0.1, 0.15) is 0 Å². The largest absolute Gasteiger partial charge is 0.416 e. The van der Waals surface area contributed by atoms with E-state index < -0.39 is 17.8 Å². The Kier molecular flexibility index (Phi) is 5.09. The molecule has 1 atom stereocenters. The first-order valence-corrected chi connectivity index (χ1v) is 6.61. The monoisotopic (exact) mass is 316 g/mol. The van der Waals surface area contributed by atoms with Gasteiger partial charge in [-0.15, -0.1) is 10.2 Å². The zero-order valence-electron chi connectivity index (χ0n) is 11.8. The molecule has 0 saturated carbocycles. The number of aromatic nitrogens is 4. The third kappa shape index (κ3) is 4.25. The second-order valence-electron chi connectivity index (χ2n) is 4.56. The fourth-order valence-electron chi connectivity index (χ4n) is 1.77. The SMILES string of the molecule is CCOCC(O)Cn1nnc(-c2cccc(C(F)(F)F)c2)n1. The third-order valence-electron chi connectivity index (χ3n) is 2.79. The maximum absolute atomic E-state index is 12.7. The highest BCUT2D eigenvalue weighted by Crippen LogP contribution is 2.31. The summed E-state index contributed by atoms with van der Waals surface area (Å²) in [4.78, 5) is 1.12. The van der Waals surface area contributed by atoms with Crippen LogP contribution in [0.1, 0.15) is 12.5 Å². The van der Waals surface area contributed by atoms with Gasteiger partial charge in [-0.05, 0) is 24.3 Å². The molecule has 1 aromatic carbocycles. The Morgan fingerprint density at radius 2 is 2.14 bits per heavy atom. The van der Waals surface area contributed by atoms with Crippen LogP contribution in [-0.2, 0) is 17.5 Å². The van der Waals surface area contributed by atoms with Gasteiger partial charge in [0.2, 0.25) is 5.82 Å². The fraction of sp³-hybridized carbons (Fsp3) is 0.462. The summed E-state index contributed by atoms with van der Waals surface area (Å²) >= 11 is 0. The van der Waals surface area contributed by atoms with Crippen LogP contribution in [0.2, 0.25) is 0 Å². The predicted octanol–water partition coefficient (Wildman–Crippen LogP) is 1.76. The van der Waals surface area contributed by atoms with Crippen molar-refractivity contribution in [2.24, 2.45) is 0 Å². The number of aliphatic hydroxyl groups excluding tert-OH is 1. The highest BCUT2D eigenvalue weighted by molar-refractivity contribution is 5.55. The molecule has 0 saturated heterocycles. The molecular formula is C13H15F3N4O2. The number of aliphatic hydroxyl groups is 1. The number of rotatable bonds is 6. The van der Waals surface area contributed by atoms with Crippen molar-refractivity contribution in [1.29, 1.82) is 0 Å². The van der Waals surface area contributed by atoms with Crippen LogP contribution in [0, 0.1) is 0 Å². The Hall–Kier alpha value is -2.00. The lowest BCUT2D eigenvalue weighted by Gasteiger charge is -2.08. The molecule has 1 aromatic heterocycles. The number of tetrazole rings is 1. The summed E-state index contributed by atoms with van der Waals surface area (Å²) in [7, 11) is 0. The molecule has 0 aliphatic rings. The van der Waals surface area contributed by atoms with Crippen molar-refractivity contribution in [3.63, 3.8) is 0 Å². The van der Waals surface area contributed by atoms with Crippen LogP contribution < -0.4 is 0 Å². The molecule has 1 N–H and O–H groups in total. The van der Waals surface area contributed by atoms with Crippen LogP contribution in [0.5, 0.6) is 0 Å². The number of alkyl halides is 3. The number of ether oxygens (including phenoxy) is 1. The molecule has 22 heavy (non-hydrogen) atoms. The fourth-order valence-corrected chi connectivity index (χ4v) is 1.77. The van der Waals surface area contributed by atoms with E-state index in [4.69, 9.17) is 4.74 Å². The lowest BCUT2D eigenvalue weighted by atomic mass is 10.1. The summed E-state index contributed by atoms with van der Waals surface area (Å²) < 4.78 is 43.1. The molecule has 0 aliphatic heterocycles. The number of halogens is 3. The van der Waals surface area contributed by atoms with Gasteiger partial charge < -0.3 is 9.84 Å². The second-order valence-corrected chi connectivity index (χ2v) is 4.56. The van der Waals surface area contributed by atoms with Crippen molar-refractivity contribution in [2.75, 3.05) is 13.2 Å². The molecule has 0 radical (unpaired) electrons. The summed E-state index contributed by atoms with van der Waals surface area (Å²) in [5, 5.41) is 21.0. The normalized spacial score (nSPS) is 13.3. The first-order valence-electron chi connectivity index (χ1n) is 6.61. The van der Waals surface area contributed by atoms with Crippen LogP contribution in [0.25, 0.3) is 11.4 Å². The molecule has 6 nitrogen and oxygen atoms in total. The van der Waals surface area contributed by atoms with Crippen LogP contribution in [0.3, 0.4) is 0 Å². The van der Waals surface area contributed by atoms with Crippen molar-refractivity contribution in [3.05, 3.63) is 29.8 Å². The van der Waals surface area contributed by atoms with E-state index in [1.165, 1.54) is 12.1 Å². The second kappa shape index (κ2) is 6.84. The molecular weight excluding hydrogens is 301 g/mol. The van der Waals surface area contributed by atoms with E-state index in [0.29, 0.717) is 6.61 Å². The first-order chi connectivity index (χ1) is 10.4. The summed E-state index contributed by atoms with van der Waals surface area (Å²) in [6, 6.07) is 4.67. The van der Waals surface area contributed by atoms with Crippen LogP contribution in [0.4, 0.5) is 13.2 Å². The van der Waals surface area contributed by atoms with Crippen molar-refractivity contribution >= 4 is 0 Å². The molecule has 0 amide bonds. The van der Waals surface area contributed by atoms with Gasteiger partial charge in [-0.1, -0.05) is 12.1 Å². The summed E-state index contributed by atoms with van der Waals surface area (Å²) in [5.74, 6) is 0.0645. The van der Waals surface area contributed by atoms with E-state index in [-0.39, 0.29) is 24.5 Å². The van der Waals surface area contributed by atoms with E-state index in [9.17, 15) is 18.3 Å². The molecule has 0 fully saturated rings. The van der Waals surface area contributed by atoms with Gasteiger partial charge in [0.15, 0.2) is 0 Å². The van der Waals surface area contributed by atoms with Gasteiger partial charge in [0.25, 0.3) is 0 Å². The van der Waals surface area contributed by atoms with Gasteiger partial charge in [-0.2, -0.15) is 18.0 Å². The van der Waals surface area contributed by atoms with Gasteiger partial charge in [-0.25, -0.2) is 0 Å². The summed E-state index contributed by atoms with van der Waals surface area (Å²) in [6.07, 6.45) is -5.25. The third-order valence-corrected chi connectivity index (χ3v) is 2.79. The van der Waals surface area contributed by atoms with Crippen molar-refractivity contribution in [2.45, 2.75) is 25.7 Å². The number of hydrogen-bond acceptors (Lipinski definition) is 5. The minimum Gasteiger partial charge on any atom is -0.389 e. The molecule has 120 valence electrons. The van der Waals surface area contributed by atoms with Gasteiger partial charge >= 0.3 is 6.18 Å². The Morgan fingerprint density at radius 1 is 1.36 bits per heavy atom. The topological polar surface area (TPSA) is 73.1 Å².